The van der Waals surface area contributed by atoms with E-state index >= 15 is 0 Å². The van der Waals surface area contributed by atoms with Crippen molar-refractivity contribution in [2.24, 2.45) is 5.92 Å². The number of nitro groups is 1. The SMILES string of the molecule is COC(=O)[C@H]1CCCN(Cc2ccc([N+](=O)[O-])c(F)c2)C1. The van der Waals surface area contributed by atoms with Crippen LogP contribution in [0, 0.1) is 21.8 Å². The molecule has 0 spiro atoms. The van der Waals surface area contributed by atoms with E-state index in [4.69, 9.17) is 4.74 Å². The van der Waals surface area contributed by atoms with Crippen molar-refractivity contribution < 1.29 is 18.8 Å². The monoisotopic (exact) mass is 296 g/mol. The molecule has 0 radical (unpaired) electrons. The number of likely N-dealkylation sites (tertiary alicyclic amines) is 1. The molecule has 1 aliphatic rings. The van der Waals surface area contributed by atoms with Gasteiger partial charge in [0.2, 0.25) is 5.82 Å². The maximum Gasteiger partial charge on any atom is 0.309 e. The molecule has 0 amide bonds. The summed E-state index contributed by atoms with van der Waals surface area (Å²) in [6.07, 6.45) is 1.66. The van der Waals surface area contributed by atoms with Gasteiger partial charge < -0.3 is 4.74 Å². The normalized spacial score (nSPS) is 19.2. The predicted molar refractivity (Wildman–Crippen MR) is 73.1 cm³/mol. The summed E-state index contributed by atoms with van der Waals surface area (Å²) in [5.41, 5.74) is 0.133. The molecule has 6 nitrogen and oxygen atoms in total. The zero-order valence-electron chi connectivity index (χ0n) is 11.8. The summed E-state index contributed by atoms with van der Waals surface area (Å²) in [5.74, 6) is -1.22. The van der Waals surface area contributed by atoms with Crippen molar-refractivity contribution in [2.75, 3.05) is 20.2 Å². The second-order valence-corrected chi connectivity index (χ2v) is 5.14. The van der Waals surface area contributed by atoms with Crippen LogP contribution in [-0.4, -0.2) is 36.0 Å². The van der Waals surface area contributed by atoms with Gasteiger partial charge in [-0.1, -0.05) is 6.07 Å². The molecule has 1 heterocycles. The van der Waals surface area contributed by atoms with Crippen LogP contribution in [-0.2, 0) is 16.1 Å². The first-order valence-corrected chi connectivity index (χ1v) is 6.74. The third-order valence-electron chi connectivity index (χ3n) is 3.66. The molecular formula is C14H17FN2O4. The van der Waals surface area contributed by atoms with E-state index in [2.05, 4.69) is 0 Å². The lowest BCUT2D eigenvalue weighted by Gasteiger charge is -2.31. The smallest absolute Gasteiger partial charge is 0.309 e. The quantitative estimate of drug-likeness (QED) is 0.483. The van der Waals surface area contributed by atoms with E-state index in [1.54, 1.807) is 6.07 Å². The Balaban J connectivity index is 2.03. The first-order chi connectivity index (χ1) is 10.0. The van der Waals surface area contributed by atoms with E-state index in [-0.39, 0.29) is 11.9 Å². The minimum Gasteiger partial charge on any atom is -0.469 e. The van der Waals surface area contributed by atoms with Crippen molar-refractivity contribution in [3.05, 3.63) is 39.7 Å². The van der Waals surface area contributed by atoms with Gasteiger partial charge in [-0.2, -0.15) is 4.39 Å². The molecule has 0 N–H and O–H groups in total. The second kappa shape index (κ2) is 6.62. The van der Waals surface area contributed by atoms with Gasteiger partial charge in [-0.25, -0.2) is 0 Å². The molecule has 2 rings (SSSR count). The number of halogens is 1. The van der Waals surface area contributed by atoms with Gasteiger partial charge in [-0.15, -0.1) is 0 Å². The van der Waals surface area contributed by atoms with Crippen LogP contribution < -0.4 is 0 Å². The lowest BCUT2D eigenvalue weighted by atomic mass is 9.98. The summed E-state index contributed by atoms with van der Waals surface area (Å²) < 4.78 is 18.3. The van der Waals surface area contributed by atoms with Crippen LogP contribution in [0.1, 0.15) is 18.4 Å². The van der Waals surface area contributed by atoms with Crippen LogP contribution in [0.3, 0.4) is 0 Å². The second-order valence-electron chi connectivity index (χ2n) is 5.14. The van der Waals surface area contributed by atoms with Gasteiger partial charge in [0.25, 0.3) is 0 Å². The van der Waals surface area contributed by atoms with Crippen LogP contribution in [0.15, 0.2) is 18.2 Å². The maximum atomic E-state index is 13.6. The Morgan fingerprint density at radius 2 is 2.33 bits per heavy atom. The van der Waals surface area contributed by atoms with Crippen LogP contribution in [0.5, 0.6) is 0 Å². The highest BCUT2D eigenvalue weighted by atomic mass is 19.1. The van der Waals surface area contributed by atoms with Crippen molar-refractivity contribution >= 4 is 11.7 Å². The van der Waals surface area contributed by atoms with Crippen LogP contribution in [0.2, 0.25) is 0 Å². The van der Waals surface area contributed by atoms with Crippen LogP contribution in [0.4, 0.5) is 10.1 Å². The molecule has 21 heavy (non-hydrogen) atoms. The molecule has 0 unspecified atom stereocenters. The number of esters is 1. The third kappa shape index (κ3) is 3.75. The summed E-state index contributed by atoms with van der Waals surface area (Å²) in [6, 6.07) is 3.90. The Labute approximate surface area is 121 Å². The Bertz CT molecular complexity index is 550. The van der Waals surface area contributed by atoms with Crippen LogP contribution >= 0.6 is 0 Å². The number of benzene rings is 1. The van der Waals surface area contributed by atoms with Gasteiger partial charge in [0.1, 0.15) is 0 Å². The zero-order chi connectivity index (χ0) is 15.4. The third-order valence-corrected chi connectivity index (χ3v) is 3.66. The van der Waals surface area contributed by atoms with Crippen molar-refractivity contribution in [2.45, 2.75) is 19.4 Å². The highest BCUT2D eigenvalue weighted by molar-refractivity contribution is 5.72. The number of nitro benzene ring substituents is 1. The molecule has 114 valence electrons. The van der Waals surface area contributed by atoms with E-state index in [1.807, 2.05) is 4.90 Å². The highest BCUT2D eigenvalue weighted by Gasteiger charge is 2.26. The molecule has 1 aliphatic heterocycles. The molecule has 1 atom stereocenters. The molecule has 0 aliphatic carbocycles. The lowest BCUT2D eigenvalue weighted by molar-refractivity contribution is -0.387. The highest BCUT2D eigenvalue weighted by Crippen LogP contribution is 2.22. The van der Waals surface area contributed by atoms with E-state index in [0.29, 0.717) is 18.7 Å². The number of piperidine rings is 1. The van der Waals surface area contributed by atoms with Crippen molar-refractivity contribution in [3.8, 4) is 0 Å². The molecule has 1 fully saturated rings. The van der Waals surface area contributed by atoms with Gasteiger partial charge in [-0.05, 0) is 31.0 Å². The molecule has 0 bridgehead atoms. The molecule has 0 saturated carbocycles. The average Bonchev–Trinajstić information content (AvgIpc) is 2.46. The van der Waals surface area contributed by atoms with Crippen molar-refractivity contribution in [1.82, 2.24) is 4.90 Å². The number of ether oxygens (including phenoxy) is 1. The van der Waals surface area contributed by atoms with Crippen molar-refractivity contribution in [3.63, 3.8) is 0 Å². The number of carbonyl (C=O) groups excluding carboxylic acids is 1. The molecule has 7 heteroatoms. The van der Waals surface area contributed by atoms with E-state index in [0.717, 1.165) is 19.4 Å². The predicted octanol–water partition coefficient (Wildman–Crippen LogP) is 2.12. The molecule has 1 aromatic carbocycles. The van der Waals surface area contributed by atoms with Crippen LogP contribution in [0.25, 0.3) is 0 Å². The molecule has 1 aromatic rings. The minimum atomic E-state index is -0.834. The summed E-state index contributed by atoms with van der Waals surface area (Å²) >= 11 is 0. The number of rotatable bonds is 4. The van der Waals surface area contributed by atoms with Gasteiger partial charge in [0, 0.05) is 19.2 Å². The number of hydrogen-bond donors (Lipinski definition) is 0. The fourth-order valence-electron chi connectivity index (χ4n) is 2.61. The van der Waals surface area contributed by atoms with Gasteiger partial charge >= 0.3 is 11.7 Å². The van der Waals surface area contributed by atoms with Gasteiger partial charge in [0.05, 0.1) is 18.0 Å². The Kier molecular flexibility index (Phi) is 4.85. The Morgan fingerprint density at radius 3 is 2.95 bits per heavy atom. The standard InChI is InChI=1S/C14H17FN2O4/c1-21-14(18)11-3-2-6-16(9-11)8-10-4-5-13(17(19)20)12(15)7-10/h4-5,7,11H,2-3,6,8-9H2,1H3/t11-/m0/s1. The van der Waals surface area contributed by atoms with E-state index in [9.17, 15) is 19.3 Å². The first kappa shape index (κ1) is 15.4. The molecule has 1 saturated heterocycles. The number of carbonyl (C=O) groups is 1. The molecular weight excluding hydrogens is 279 g/mol. The average molecular weight is 296 g/mol. The molecule has 0 aromatic heterocycles. The topological polar surface area (TPSA) is 72.7 Å². The van der Waals surface area contributed by atoms with Gasteiger partial charge in [0.15, 0.2) is 0 Å². The number of methoxy groups -OCH3 is 1. The number of hydrogen-bond acceptors (Lipinski definition) is 5. The fourth-order valence-corrected chi connectivity index (χ4v) is 2.61. The Hall–Kier alpha value is -2.02. The van der Waals surface area contributed by atoms with Gasteiger partial charge in [-0.3, -0.25) is 19.8 Å². The fraction of sp³-hybridized carbons (Fsp3) is 0.500. The largest absolute Gasteiger partial charge is 0.469 e. The van der Waals surface area contributed by atoms with Crippen molar-refractivity contribution in [1.29, 1.82) is 0 Å². The summed E-state index contributed by atoms with van der Waals surface area (Å²) in [6.45, 7) is 1.83. The van der Waals surface area contributed by atoms with E-state index < -0.39 is 16.4 Å². The maximum absolute atomic E-state index is 13.6. The minimum absolute atomic E-state index is 0.161. The lowest BCUT2D eigenvalue weighted by Crippen LogP contribution is -2.38. The number of nitrogens with zero attached hydrogens (tertiary/aromatic N) is 2. The zero-order valence-corrected chi connectivity index (χ0v) is 11.8. The van der Waals surface area contributed by atoms with E-state index in [1.165, 1.54) is 19.2 Å². The first-order valence-electron chi connectivity index (χ1n) is 6.74. The summed E-state index contributed by atoms with van der Waals surface area (Å²) in [5, 5.41) is 10.6. The Morgan fingerprint density at radius 1 is 1.57 bits per heavy atom. The summed E-state index contributed by atoms with van der Waals surface area (Å²) in [4.78, 5) is 23.4. The summed E-state index contributed by atoms with van der Waals surface area (Å²) in [7, 11) is 1.37.